The first kappa shape index (κ1) is 10.4. The van der Waals surface area contributed by atoms with Crippen LogP contribution in [-0.4, -0.2) is 4.98 Å². The molecule has 0 aliphatic heterocycles. The maximum Gasteiger partial charge on any atom is 0.0705 e. The summed E-state index contributed by atoms with van der Waals surface area (Å²) < 4.78 is 0. The van der Waals surface area contributed by atoms with Crippen molar-refractivity contribution in [3.8, 4) is 0 Å². The van der Waals surface area contributed by atoms with Crippen molar-refractivity contribution in [3.05, 3.63) is 64.5 Å². The first-order valence-corrected chi connectivity index (χ1v) is 6.36. The van der Waals surface area contributed by atoms with E-state index in [1.165, 1.54) is 4.88 Å². The van der Waals surface area contributed by atoms with E-state index in [1.807, 2.05) is 18.3 Å². The lowest BCUT2D eigenvalue weighted by Crippen LogP contribution is -2.09. The number of pyridine rings is 1. The van der Waals surface area contributed by atoms with E-state index in [1.54, 1.807) is 11.3 Å². The van der Waals surface area contributed by atoms with Gasteiger partial charge < -0.3 is 5.73 Å². The number of aromatic nitrogens is 1. The molecule has 2 aromatic heterocycles. The zero-order valence-corrected chi connectivity index (χ0v) is 10.0. The zero-order valence-electron chi connectivity index (χ0n) is 9.21. The second kappa shape index (κ2) is 4.28. The molecule has 3 heteroatoms. The maximum absolute atomic E-state index is 6.23. The summed E-state index contributed by atoms with van der Waals surface area (Å²) in [7, 11) is 0. The van der Waals surface area contributed by atoms with Gasteiger partial charge in [0.2, 0.25) is 0 Å². The van der Waals surface area contributed by atoms with Crippen molar-refractivity contribution in [1.82, 2.24) is 4.98 Å². The van der Waals surface area contributed by atoms with Crippen LogP contribution < -0.4 is 5.73 Å². The summed E-state index contributed by atoms with van der Waals surface area (Å²) in [6.07, 6.45) is 1.81. The number of rotatable bonds is 2. The van der Waals surface area contributed by atoms with Gasteiger partial charge in [0.05, 0.1) is 11.6 Å². The highest BCUT2D eigenvalue weighted by atomic mass is 32.1. The molecule has 0 aliphatic rings. The molecule has 0 saturated carbocycles. The maximum atomic E-state index is 6.23. The van der Waals surface area contributed by atoms with E-state index in [0.717, 1.165) is 16.5 Å². The molecule has 2 N–H and O–H groups in total. The van der Waals surface area contributed by atoms with Gasteiger partial charge in [0, 0.05) is 16.5 Å². The molecule has 0 aliphatic carbocycles. The normalized spacial score (nSPS) is 12.8. The third-order valence-corrected chi connectivity index (χ3v) is 3.79. The van der Waals surface area contributed by atoms with Gasteiger partial charge in [-0.15, -0.1) is 11.3 Å². The fraction of sp³-hybridized carbons (Fsp3) is 0.0714. The molecule has 0 spiro atoms. The zero-order chi connectivity index (χ0) is 11.7. The number of hydrogen-bond acceptors (Lipinski definition) is 3. The largest absolute Gasteiger partial charge is 0.320 e. The van der Waals surface area contributed by atoms with Crippen LogP contribution in [0.5, 0.6) is 0 Å². The summed E-state index contributed by atoms with van der Waals surface area (Å²) in [5, 5.41) is 3.20. The number of thiophene rings is 1. The third kappa shape index (κ3) is 1.95. The molecule has 0 amide bonds. The van der Waals surface area contributed by atoms with Crippen molar-refractivity contribution < 1.29 is 0 Å². The smallest absolute Gasteiger partial charge is 0.0705 e. The Morgan fingerprint density at radius 1 is 1.12 bits per heavy atom. The Morgan fingerprint density at radius 3 is 2.88 bits per heavy atom. The van der Waals surface area contributed by atoms with E-state index in [9.17, 15) is 0 Å². The molecule has 1 aromatic carbocycles. The van der Waals surface area contributed by atoms with Gasteiger partial charge in [-0.05, 0) is 29.1 Å². The van der Waals surface area contributed by atoms with Gasteiger partial charge in [0.1, 0.15) is 0 Å². The van der Waals surface area contributed by atoms with Crippen LogP contribution >= 0.6 is 11.3 Å². The minimum Gasteiger partial charge on any atom is -0.320 e. The average Bonchev–Trinajstić information content (AvgIpc) is 2.91. The highest BCUT2D eigenvalue weighted by Gasteiger charge is 2.10. The topological polar surface area (TPSA) is 38.9 Å². The molecule has 0 radical (unpaired) electrons. The van der Waals surface area contributed by atoms with Gasteiger partial charge >= 0.3 is 0 Å². The molecule has 0 fully saturated rings. The molecule has 84 valence electrons. The summed E-state index contributed by atoms with van der Waals surface area (Å²) >= 11 is 1.69. The first-order chi connectivity index (χ1) is 8.34. The molecular weight excluding hydrogens is 228 g/mol. The van der Waals surface area contributed by atoms with Crippen LogP contribution in [0.15, 0.2) is 54.0 Å². The van der Waals surface area contributed by atoms with Crippen molar-refractivity contribution in [2.24, 2.45) is 5.73 Å². The average molecular weight is 240 g/mol. The standard InChI is InChI=1S/C14H12N2S/c15-14(13-4-2-8-17-13)11-6-5-10-3-1-7-16-12(10)9-11/h1-9,14H,15H2. The molecule has 3 aromatic rings. The molecule has 2 nitrogen and oxygen atoms in total. The van der Waals surface area contributed by atoms with Crippen LogP contribution in [0, 0.1) is 0 Å². The molecule has 0 saturated heterocycles. The number of fused-ring (bicyclic) bond motifs is 1. The van der Waals surface area contributed by atoms with E-state index in [-0.39, 0.29) is 6.04 Å². The minimum atomic E-state index is -0.0543. The van der Waals surface area contributed by atoms with Gasteiger partial charge in [-0.2, -0.15) is 0 Å². The first-order valence-electron chi connectivity index (χ1n) is 5.48. The van der Waals surface area contributed by atoms with E-state index in [0.29, 0.717) is 0 Å². The third-order valence-electron chi connectivity index (χ3n) is 2.84. The number of nitrogens with zero attached hydrogens (tertiary/aromatic N) is 1. The summed E-state index contributed by atoms with van der Waals surface area (Å²) in [5.74, 6) is 0. The Balaban J connectivity index is 2.06. The Labute approximate surface area is 104 Å². The Bertz CT molecular complexity index is 632. The lowest BCUT2D eigenvalue weighted by atomic mass is 10.0. The molecule has 1 atom stereocenters. The Kier molecular flexibility index (Phi) is 2.63. The number of benzene rings is 1. The van der Waals surface area contributed by atoms with Gasteiger partial charge in [-0.3, -0.25) is 4.98 Å². The van der Waals surface area contributed by atoms with E-state index in [2.05, 4.69) is 40.7 Å². The van der Waals surface area contributed by atoms with Crippen LogP contribution in [0.1, 0.15) is 16.5 Å². The molecule has 2 heterocycles. The SMILES string of the molecule is NC(c1ccc2cccnc2c1)c1cccs1. The van der Waals surface area contributed by atoms with Gasteiger partial charge in [0.15, 0.2) is 0 Å². The van der Waals surface area contributed by atoms with Crippen molar-refractivity contribution in [2.75, 3.05) is 0 Å². The quantitative estimate of drug-likeness (QED) is 0.746. The number of hydrogen-bond donors (Lipinski definition) is 1. The second-order valence-electron chi connectivity index (χ2n) is 3.95. The van der Waals surface area contributed by atoms with Crippen molar-refractivity contribution in [2.45, 2.75) is 6.04 Å². The number of nitrogens with two attached hydrogens (primary N) is 1. The van der Waals surface area contributed by atoms with E-state index in [4.69, 9.17) is 5.73 Å². The van der Waals surface area contributed by atoms with Crippen LogP contribution in [0.25, 0.3) is 10.9 Å². The van der Waals surface area contributed by atoms with Crippen LogP contribution in [-0.2, 0) is 0 Å². The Hall–Kier alpha value is -1.71. The van der Waals surface area contributed by atoms with Crippen molar-refractivity contribution in [1.29, 1.82) is 0 Å². The summed E-state index contributed by atoms with van der Waals surface area (Å²) in [5.41, 5.74) is 8.34. The lowest BCUT2D eigenvalue weighted by molar-refractivity contribution is 0.895. The summed E-state index contributed by atoms with van der Waals surface area (Å²) in [4.78, 5) is 5.53. The highest BCUT2D eigenvalue weighted by molar-refractivity contribution is 7.10. The molecule has 1 unspecified atom stereocenters. The van der Waals surface area contributed by atoms with Crippen LogP contribution in [0.2, 0.25) is 0 Å². The Morgan fingerprint density at radius 2 is 2.06 bits per heavy atom. The van der Waals surface area contributed by atoms with Gasteiger partial charge in [0.25, 0.3) is 0 Å². The highest BCUT2D eigenvalue weighted by Crippen LogP contribution is 2.25. The predicted molar refractivity (Wildman–Crippen MR) is 72.1 cm³/mol. The molecular formula is C14H12N2S. The van der Waals surface area contributed by atoms with Crippen molar-refractivity contribution in [3.63, 3.8) is 0 Å². The van der Waals surface area contributed by atoms with Gasteiger partial charge in [-0.1, -0.05) is 24.3 Å². The monoisotopic (exact) mass is 240 g/mol. The minimum absolute atomic E-state index is 0.0543. The van der Waals surface area contributed by atoms with Crippen LogP contribution in [0.4, 0.5) is 0 Å². The van der Waals surface area contributed by atoms with Crippen LogP contribution in [0.3, 0.4) is 0 Å². The molecule has 0 bridgehead atoms. The fourth-order valence-electron chi connectivity index (χ4n) is 1.91. The fourth-order valence-corrected chi connectivity index (χ4v) is 2.66. The summed E-state index contributed by atoms with van der Waals surface area (Å²) in [6.45, 7) is 0. The lowest BCUT2D eigenvalue weighted by Gasteiger charge is -2.10. The summed E-state index contributed by atoms with van der Waals surface area (Å²) in [6, 6.07) is 14.3. The predicted octanol–water partition coefficient (Wildman–Crippen LogP) is 3.34. The molecule has 3 rings (SSSR count). The molecule has 17 heavy (non-hydrogen) atoms. The van der Waals surface area contributed by atoms with E-state index >= 15 is 0 Å². The van der Waals surface area contributed by atoms with E-state index < -0.39 is 0 Å². The van der Waals surface area contributed by atoms with Crippen molar-refractivity contribution >= 4 is 22.2 Å². The second-order valence-corrected chi connectivity index (χ2v) is 4.93. The van der Waals surface area contributed by atoms with Gasteiger partial charge in [-0.25, -0.2) is 0 Å².